The lowest BCUT2D eigenvalue weighted by molar-refractivity contribution is -0.142. The van der Waals surface area contributed by atoms with Gasteiger partial charge in [0.15, 0.2) is 5.75 Å². The number of carbonyl (C=O) groups is 1. The van der Waals surface area contributed by atoms with Crippen molar-refractivity contribution in [3.05, 3.63) is 27.7 Å². The molecule has 0 amide bonds. The van der Waals surface area contributed by atoms with Crippen LogP contribution in [0, 0.1) is 0 Å². The molecule has 0 saturated carbocycles. The molecular weight excluding hydrogens is 275 g/mol. The van der Waals surface area contributed by atoms with Crippen molar-refractivity contribution < 1.29 is 14.3 Å². The number of esters is 1. The van der Waals surface area contributed by atoms with Crippen LogP contribution in [0.5, 0.6) is 5.75 Å². The van der Waals surface area contributed by atoms with Crippen molar-refractivity contribution in [2.75, 3.05) is 6.61 Å². The monoisotopic (exact) mass is 290 g/mol. The van der Waals surface area contributed by atoms with Crippen molar-refractivity contribution >= 4 is 29.2 Å². The van der Waals surface area contributed by atoms with Crippen LogP contribution in [0.2, 0.25) is 10.0 Å². The van der Waals surface area contributed by atoms with Gasteiger partial charge in [-0.3, -0.25) is 4.79 Å². The second-order valence-corrected chi connectivity index (χ2v) is 4.85. The van der Waals surface area contributed by atoms with Crippen LogP contribution < -0.4 is 4.74 Å². The van der Waals surface area contributed by atoms with Crippen LogP contribution in [0.25, 0.3) is 0 Å². The minimum Gasteiger partial charge on any atom is -0.488 e. The van der Waals surface area contributed by atoms with Crippen LogP contribution >= 0.6 is 23.2 Å². The first-order valence-electron chi connectivity index (χ1n) is 5.74. The molecule has 100 valence electrons. The molecule has 1 aromatic carbocycles. The molecule has 0 fully saturated rings. The highest BCUT2D eigenvalue weighted by molar-refractivity contribution is 6.37. The first kappa shape index (κ1) is 15.1. The van der Waals surface area contributed by atoms with Gasteiger partial charge in [-0.05, 0) is 38.5 Å². The molecule has 0 atom stereocenters. The zero-order chi connectivity index (χ0) is 13.7. The van der Waals surface area contributed by atoms with Gasteiger partial charge in [0.1, 0.15) is 0 Å². The van der Waals surface area contributed by atoms with E-state index in [1.807, 2.05) is 13.8 Å². The molecule has 18 heavy (non-hydrogen) atoms. The minimum absolute atomic E-state index is 0.0177. The Bertz CT molecular complexity index is 407. The molecular formula is C13H16Cl2O3. The van der Waals surface area contributed by atoms with E-state index in [1.165, 1.54) is 0 Å². The lowest BCUT2D eigenvalue weighted by atomic mass is 10.1. The standard InChI is InChI=1S/C13H16Cl2O3/c1-4-17-12(16)7-9-5-10(14)13(11(15)6-9)18-8(2)3/h5-6,8H,4,7H2,1-3H3. The fourth-order valence-electron chi connectivity index (χ4n) is 1.44. The smallest absolute Gasteiger partial charge is 0.310 e. The van der Waals surface area contributed by atoms with Crippen LogP contribution in [0.4, 0.5) is 0 Å². The predicted octanol–water partition coefficient (Wildman–Crippen LogP) is 3.89. The summed E-state index contributed by atoms with van der Waals surface area (Å²) in [7, 11) is 0. The number of hydrogen-bond acceptors (Lipinski definition) is 3. The van der Waals surface area contributed by atoms with Crippen molar-refractivity contribution in [1.29, 1.82) is 0 Å². The molecule has 0 aromatic heterocycles. The molecule has 0 N–H and O–H groups in total. The zero-order valence-corrected chi connectivity index (χ0v) is 12.1. The molecule has 1 aromatic rings. The van der Waals surface area contributed by atoms with Crippen LogP contribution in [-0.4, -0.2) is 18.7 Å². The van der Waals surface area contributed by atoms with E-state index in [2.05, 4.69) is 0 Å². The SMILES string of the molecule is CCOC(=O)Cc1cc(Cl)c(OC(C)C)c(Cl)c1. The highest BCUT2D eigenvalue weighted by Crippen LogP contribution is 2.35. The van der Waals surface area contributed by atoms with E-state index in [0.29, 0.717) is 28.0 Å². The van der Waals surface area contributed by atoms with Crippen LogP contribution in [0.15, 0.2) is 12.1 Å². The van der Waals surface area contributed by atoms with E-state index in [9.17, 15) is 4.79 Å². The molecule has 0 aliphatic rings. The van der Waals surface area contributed by atoms with Crippen molar-refractivity contribution in [2.24, 2.45) is 0 Å². The maximum Gasteiger partial charge on any atom is 0.310 e. The molecule has 5 heteroatoms. The van der Waals surface area contributed by atoms with Gasteiger partial charge in [0.05, 0.1) is 29.2 Å². The summed E-state index contributed by atoms with van der Waals surface area (Å²) in [6, 6.07) is 3.34. The predicted molar refractivity (Wildman–Crippen MR) is 72.6 cm³/mol. The lowest BCUT2D eigenvalue weighted by Crippen LogP contribution is -2.09. The van der Waals surface area contributed by atoms with Gasteiger partial charge in [0, 0.05) is 0 Å². The van der Waals surface area contributed by atoms with E-state index in [0.717, 1.165) is 0 Å². The van der Waals surface area contributed by atoms with Crippen LogP contribution in [-0.2, 0) is 16.0 Å². The Labute approximate surface area is 117 Å². The normalized spacial score (nSPS) is 10.6. The Morgan fingerprint density at radius 1 is 1.28 bits per heavy atom. The van der Waals surface area contributed by atoms with Crippen molar-refractivity contribution in [2.45, 2.75) is 33.3 Å². The Hall–Kier alpha value is -0.930. The summed E-state index contributed by atoms with van der Waals surface area (Å²) < 4.78 is 10.4. The molecule has 0 aliphatic carbocycles. The van der Waals surface area contributed by atoms with Crippen LogP contribution in [0.1, 0.15) is 26.3 Å². The maximum atomic E-state index is 11.4. The van der Waals surface area contributed by atoms with E-state index >= 15 is 0 Å². The van der Waals surface area contributed by atoms with Gasteiger partial charge in [-0.1, -0.05) is 23.2 Å². The highest BCUT2D eigenvalue weighted by Gasteiger charge is 2.13. The second-order valence-electron chi connectivity index (χ2n) is 4.04. The molecule has 1 rings (SSSR count). The number of benzene rings is 1. The van der Waals surface area contributed by atoms with Gasteiger partial charge >= 0.3 is 5.97 Å². The Balaban J connectivity index is 2.89. The zero-order valence-electron chi connectivity index (χ0n) is 10.6. The third-order valence-electron chi connectivity index (χ3n) is 2.07. The average molecular weight is 291 g/mol. The Morgan fingerprint density at radius 2 is 1.83 bits per heavy atom. The quantitative estimate of drug-likeness (QED) is 0.772. The van der Waals surface area contributed by atoms with Gasteiger partial charge in [-0.15, -0.1) is 0 Å². The fraction of sp³-hybridized carbons (Fsp3) is 0.462. The summed E-state index contributed by atoms with van der Waals surface area (Å²) >= 11 is 12.2. The largest absolute Gasteiger partial charge is 0.488 e. The number of halogens is 2. The third-order valence-corrected chi connectivity index (χ3v) is 2.63. The number of ether oxygens (including phenoxy) is 2. The molecule has 0 aliphatic heterocycles. The van der Waals surface area contributed by atoms with Crippen molar-refractivity contribution in [3.8, 4) is 5.75 Å². The summed E-state index contributed by atoms with van der Waals surface area (Å²) in [5.74, 6) is 0.142. The number of carbonyl (C=O) groups excluding carboxylic acids is 1. The summed E-state index contributed by atoms with van der Waals surface area (Å²) in [5.41, 5.74) is 0.708. The maximum absolute atomic E-state index is 11.4. The van der Waals surface area contributed by atoms with Gasteiger partial charge < -0.3 is 9.47 Å². The summed E-state index contributed by atoms with van der Waals surface area (Å²) in [5, 5.41) is 0.797. The Morgan fingerprint density at radius 3 is 2.28 bits per heavy atom. The minimum atomic E-state index is -0.304. The van der Waals surface area contributed by atoms with Gasteiger partial charge in [-0.2, -0.15) is 0 Å². The molecule has 0 bridgehead atoms. The topological polar surface area (TPSA) is 35.5 Å². The molecule has 0 radical (unpaired) electrons. The van der Waals surface area contributed by atoms with E-state index in [1.54, 1.807) is 19.1 Å². The lowest BCUT2D eigenvalue weighted by Gasteiger charge is -2.14. The third kappa shape index (κ3) is 4.39. The summed E-state index contributed by atoms with van der Waals surface area (Å²) in [6.45, 7) is 5.89. The van der Waals surface area contributed by atoms with Crippen LogP contribution in [0.3, 0.4) is 0 Å². The second kappa shape index (κ2) is 6.86. The van der Waals surface area contributed by atoms with E-state index < -0.39 is 0 Å². The van der Waals surface area contributed by atoms with Gasteiger partial charge in [0.2, 0.25) is 0 Å². The first-order chi connectivity index (χ1) is 8.43. The van der Waals surface area contributed by atoms with E-state index in [-0.39, 0.29) is 18.5 Å². The molecule has 3 nitrogen and oxygen atoms in total. The average Bonchev–Trinajstić information content (AvgIpc) is 2.23. The van der Waals surface area contributed by atoms with Gasteiger partial charge in [-0.25, -0.2) is 0 Å². The number of hydrogen-bond donors (Lipinski definition) is 0. The summed E-state index contributed by atoms with van der Waals surface area (Å²) in [4.78, 5) is 11.4. The summed E-state index contributed by atoms with van der Waals surface area (Å²) in [6.07, 6.45) is 0.130. The van der Waals surface area contributed by atoms with Crippen molar-refractivity contribution in [3.63, 3.8) is 0 Å². The molecule has 0 spiro atoms. The first-order valence-corrected chi connectivity index (χ1v) is 6.49. The fourth-order valence-corrected chi connectivity index (χ4v) is 2.06. The molecule has 0 unspecified atom stereocenters. The van der Waals surface area contributed by atoms with Gasteiger partial charge in [0.25, 0.3) is 0 Å². The molecule has 0 saturated heterocycles. The van der Waals surface area contributed by atoms with E-state index in [4.69, 9.17) is 32.7 Å². The molecule has 0 heterocycles. The van der Waals surface area contributed by atoms with Crippen molar-refractivity contribution in [1.82, 2.24) is 0 Å². The Kier molecular flexibility index (Phi) is 5.76. The number of rotatable bonds is 5. The highest BCUT2D eigenvalue weighted by atomic mass is 35.5.